The van der Waals surface area contributed by atoms with Gasteiger partial charge in [0.25, 0.3) is 0 Å². The first-order valence-electron chi connectivity index (χ1n) is 8.67. The Bertz CT molecular complexity index is 165. The second kappa shape index (κ2) is 17.7. The molecule has 0 bridgehead atoms. The molecule has 0 aromatic rings. The summed E-state index contributed by atoms with van der Waals surface area (Å²) < 4.78 is 0. The molecule has 0 aliphatic rings. The smallest absolute Gasteiger partial charge is 0.119 e. The highest BCUT2D eigenvalue weighted by Crippen LogP contribution is 2.12. The Labute approximate surface area is 121 Å². The van der Waals surface area contributed by atoms with Gasteiger partial charge in [0.1, 0.15) is 6.29 Å². The van der Waals surface area contributed by atoms with E-state index in [0.717, 1.165) is 19.1 Å². The summed E-state index contributed by atoms with van der Waals surface area (Å²) in [7, 11) is 0. The first-order chi connectivity index (χ1) is 9.41. The Morgan fingerprint density at radius 1 is 0.579 bits per heavy atom. The highest BCUT2D eigenvalue weighted by molar-refractivity contribution is 5.48. The molecule has 0 fully saturated rings. The summed E-state index contributed by atoms with van der Waals surface area (Å²) in [5, 5.41) is 0. The zero-order valence-electron chi connectivity index (χ0n) is 13.2. The molecule has 0 aromatic carbocycles. The summed E-state index contributed by atoms with van der Waals surface area (Å²) in [5.74, 6) is 0. The molecule has 0 unspecified atom stereocenters. The van der Waals surface area contributed by atoms with Crippen molar-refractivity contribution in [1.29, 1.82) is 0 Å². The zero-order chi connectivity index (χ0) is 14.0. The quantitative estimate of drug-likeness (QED) is 0.238. The first kappa shape index (κ1) is 18.7. The standard InChI is InChI=1S/C18H35O/c1-2-3-4-5-6-7-8-9-10-11-12-13-14-15-16-17-18-19/h10,18H,2-9,11-17H2,1H3. The molecule has 0 aliphatic heterocycles. The summed E-state index contributed by atoms with van der Waals surface area (Å²) in [6, 6.07) is 0. The second-order valence-electron chi connectivity index (χ2n) is 5.71. The van der Waals surface area contributed by atoms with Crippen molar-refractivity contribution >= 4 is 6.29 Å². The molecule has 0 saturated heterocycles. The van der Waals surface area contributed by atoms with Crippen LogP contribution in [0.2, 0.25) is 0 Å². The molecule has 0 spiro atoms. The van der Waals surface area contributed by atoms with Crippen molar-refractivity contribution in [3.05, 3.63) is 6.42 Å². The lowest BCUT2D eigenvalue weighted by Crippen LogP contribution is -1.84. The van der Waals surface area contributed by atoms with Crippen molar-refractivity contribution in [2.24, 2.45) is 0 Å². The molecule has 113 valence electrons. The molecule has 0 N–H and O–H groups in total. The second-order valence-corrected chi connectivity index (χ2v) is 5.71. The van der Waals surface area contributed by atoms with Crippen molar-refractivity contribution in [2.45, 2.75) is 103 Å². The molecule has 0 aromatic heterocycles. The average Bonchev–Trinajstić information content (AvgIpc) is 2.43. The predicted molar refractivity (Wildman–Crippen MR) is 85.3 cm³/mol. The fourth-order valence-electron chi connectivity index (χ4n) is 2.44. The molecule has 0 aliphatic carbocycles. The van der Waals surface area contributed by atoms with Crippen molar-refractivity contribution in [2.75, 3.05) is 0 Å². The number of carbonyl (C=O) groups excluding carboxylic acids is 1. The zero-order valence-corrected chi connectivity index (χ0v) is 13.2. The minimum absolute atomic E-state index is 0.754. The summed E-state index contributed by atoms with van der Waals surface area (Å²) in [5.41, 5.74) is 0. The maximum atomic E-state index is 10.1. The van der Waals surface area contributed by atoms with Gasteiger partial charge >= 0.3 is 0 Å². The van der Waals surface area contributed by atoms with Crippen LogP contribution in [0, 0.1) is 6.42 Å². The molecule has 19 heavy (non-hydrogen) atoms. The number of aldehydes is 1. The molecule has 0 heterocycles. The van der Waals surface area contributed by atoms with E-state index in [1.54, 1.807) is 0 Å². The van der Waals surface area contributed by atoms with Gasteiger partial charge in [-0.3, -0.25) is 0 Å². The largest absolute Gasteiger partial charge is 0.303 e. The van der Waals surface area contributed by atoms with Gasteiger partial charge in [-0.2, -0.15) is 0 Å². The van der Waals surface area contributed by atoms with Gasteiger partial charge < -0.3 is 4.79 Å². The number of carbonyl (C=O) groups is 1. The van der Waals surface area contributed by atoms with E-state index >= 15 is 0 Å². The van der Waals surface area contributed by atoms with Gasteiger partial charge in [0.05, 0.1) is 0 Å². The molecule has 1 heteroatoms. The van der Waals surface area contributed by atoms with Gasteiger partial charge in [0.15, 0.2) is 0 Å². The molecular formula is C18H35O. The topological polar surface area (TPSA) is 17.1 Å². The molecular weight excluding hydrogens is 232 g/mol. The van der Waals surface area contributed by atoms with Crippen LogP contribution in [0.4, 0.5) is 0 Å². The highest BCUT2D eigenvalue weighted by atomic mass is 16.1. The molecule has 1 radical (unpaired) electrons. The Morgan fingerprint density at radius 3 is 1.47 bits per heavy atom. The van der Waals surface area contributed by atoms with Gasteiger partial charge in [0, 0.05) is 6.42 Å². The van der Waals surface area contributed by atoms with Crippen molar-refractivity contribution in [3.63, 3.8) is 0 Å². The van der Waals surface area contributed by atoms with E-state index in [2.05, 4.69) is 13.3 Å². The lowest BCUT2D eigenvalue weighted by atomic mass is 10.0. The molecule has 0 amide bonds. The molecule has 0 atom stereocenters. The van der Waals surface area contributed by atoms with E-state index in [4.69, 9.17) is 0 Å². The van der Waals surface area contributed by atoms with Gasteiger partial charge in [-0.15, -0.1) is 0 Å². The van der Waals surface area contributed by atoms with Crippen LogP contribution in [0.15, 0.2) is 0 Å². The van der Waals surface area contributed by atoms with E-state index in [0.29, 0.717) is 0 Å². The van der Waals surface area contributed by atoms with Crippen LogP contribution in [0.5, 0.6) is 0 Å². The fraction of sp³-hybridized carbons (Fsp3) is 0.889. The lowest BCUT2D eigenvalue weighted by molar-refractivity contribution is -0.107. The van der Waals surface area contributed by atoms with Gasteiger partial charge in [0.2, 0.25) is 0 Å². The minimum atomic E-state index is 0.754. The lowest BCUT2D eigenvalue weighted by Gasteiger charge is -2.02. The summed E-state index contributed by atoms with van der Waals surface area (Å²) in [4.78, 5) is 10.1. The Balaban J connectivity index is 2.89. The monoisotopic (exact) mass is 267 g/mol. The third-order valence-corrected chi connectivity index (χ3v) is 3.74. The summed E-state index contributed by atoms with van der Waals surface area (Å²) in [6.45, 7) is 2.28. The van der Waals surface area contributed by atoms with E-state index in [9.17, 15) is 4.79 Å². The van der Waals surface area contributed by atoms with Gasteiger partial charge in [-0.05, 0) is 12.8 Å². The number of hydrogen-bond acceptors (Lipinski definition) is 1. The van der Waals surface area contributed by atoms with Gasteiger partial charge in [-0.25, -0.2) is 0 Å². The van der Waals surface area contributed by atoms with Crippen LogP contribution in [0.1, 0.15) is 103 Å². The van der Waals surface area contributed by atoms with Crippen LogP contribution in [-0.2, 0) is 4.79 Å². The third-order valence-electron chi connectivity index (χ3n) is 3.74. The van der Waals surface area contributed by atoms with E-state index in [1.807, 2.05) is 0 Å². The van der Waals surface area contributed by atoms with Crippen molar-refractivity contribution in [3.8, 4) is 0 Å². The third kappa shape index (κ3) is 17.7. The molecule has 1 nitrogen and oxygen atoms in total. The maximum absolute atomic E-state index is 10.1. The van der Waals surface area contributed by atoms with E-state index in [-0.39, 0.29) is 0 Å². The van der Waals surface area contributed by atoms with Crippen molar-refractivity contribution in [1.82, 2.24) is 0 Å². The van der Waals surface area contributed by atoms with Crippen LogP contribution in [0.3, 0.4) is 0 Å². The number of unbranched alkanes of at least 4 members (excludes halogenated alkanes) is 15. The maximum Gasteiger partial charge on any atom is 0.119 e. The molecule has 0 saturated carbocycles. The predicted octanol–water partition coefficient (Wildman–Crippen LogP) is 6.26. The number of rotatable bonds is 16. The fourth-order valence-corrected chi connectivity index (χ4v) is 2.44. The SMILES string of the molecule is CCCCCCCCC[CH]CCCCCCCC=O. The average molecular weight is 267 g/mol. The normalized spacial score (nSPS) is 10.8. The van der Waals surface area contributed by atoms with Crippen LogP contribution >= 0.6 is 0 Å². The molecule has 0 rings (SSSR count). The first-order valence-corrected chi connectivity index (χ1v) is 8.67. The van der Waals surface area contributed by atoms with Crippen molar-refractivity contribution < 1.29 is 4.79 Å². The number of hydrogen-bond donors (Lipinski definition) is 0. The minimum Gasteiger partial charge on any atom is -0.303 e. The van der Waals surface area contributed by atoms with Crippen LogP contribution in [0.25, 0.3) is 0 Å². The summed E-state index contributed by atoms with van der Waals surface area (Å²) in [6.07, 6.45) is 23.1. The Morgan fingerprint density at radius 2 is 1.00 bits per heavy atom. The Kier molecular flexibility index (Phi) is 17.4. The highest BCUT2D eigenvalue weighted by Gasteiger charge is 1.94. The van der Waals surface area contributed by atoms with Crippen LogP contribution < -0.4 is 0 Å². The van der Waals surface area contributed by atoms with E-state index < -0.39 is 0 Å². The summed E-state index contributed by atoms with van der Waals surface area (Å²) >= 11 is 0. The Hall–Kier alpha value is -0.330. The van der Waals surface area contributed by atoms with Crippen LogP contribution in [-0.4, -0.2) is 6.29 Å². The van der Waals surface area contributed by atoms with E-state index in [1.165, 1.54) is 83.5 Å². The van der Waals surface area contributed by atoms with Gasteiger partial charge in [-0.1, -0.05) is 90.4 Å².